The summed E-state index contributed by atoms with van der Waals surface area (Å²) in [7, 11) is -3.66. The maximum absolute atomic E-state index is 13.4. The molecule has 0 radical (unpaired) electrons. The van der Waals surface area contributed by atoms with E-state index in [1.54, 1.807) is 12.1 Å². The minimum absolute atomic E-state index is 0.293. The third kappa shape index (κ3) is 4.77. The number of para-hydroxylation sites is 1. The molecule has 0 saturated carbocycles. The van der Waals surface area contributed by atoms with Crippen molar-refractivity contribution in [3.8, 4) is 0 Å². The van der Waals surface area contributed by atoms with Gasteiger partial charge in [-0.15, -0.1) is 0 Å². The van der Waals surface area contributed by atoms with E-state index in [0.29, 0.717) is 23.0 Å². The fourth-order valence-corrected chi connectivity index (χ4v) is 4.51. The lowest BCUT2D eigenvalue weighted by Crippen LogP contribution is -2.30. The Morgan fingerprint density at radius 1 is 0.741 bits per heavy atom. The van der Waals surface area contributed by atoms with Crippen LogP contribution in [0.4, 0.5) is 5.69 Å². The molecule has 0 saturated heterocycles. The molecule has 0 N–H and O–H groups in total. The molecule has 27 heavy (non-hydrogen) atoms. The van der Waals surface area contributed by atoms with Crippen LogP contribution >= 0.6 is 0 Å². The zero-order valence-corrected chi connectivity index (χ0v) is 16.6. The van der Waals surface area contributed by atoms with Gasteiger partial charge in [0.05, 0.1) is 17.1 Å². The normalized spacial score (nSPS) is 11.5. The molecule has 3 aromatic carbocycles. The van der Waals surface area contributed by atoms with E-state index in [1.807, 2.05) is 72.8 Å². The highest BCUT2D eigenvalue weighted by molar-refractivity contribution is 7.92. The fraction of sp³-hybridized carbons (Fsp3) is 0.217. The quantitative estimate of drug-likeness (QED) is 0.560. The highest BCUT2D eigenvalue weighted by Crippen LogP contribution is 2.26. The molecule has 140 valence electrons. The zero-order valence-electron chi connectivity index (χ0n) is 15.7. The van der Waals surface area contributed by atoms with Gasteiger partial charge in [-0.25, -0.2) is 8.42 Å². The second-order valence-corrected chi connectivity index (χ2v) is 8.94. The number of sulfonamides is 1. The van der Waals surface area contributed by atoms with Crippen LogP contribution in [0.3, 0.4) is 0 Å². The van der Waals surface area contributed by atoms with Crippen LogP contribution in [0.2, 0.25) is 0 Å². The average molecular weight is 380 g/mol. The van der Waals surface area contributed by atoms with Gasteiger partial charge >= 0.3 is 0 Å². The van der Waals surface area contributed by atoms with E-state index in [9.17, 15) is 8.42 Å². The van der Waals surface area contributed by atoms with Gasteiger partial charge < -0.3 is 0 Å². The summed E-state index contributed by atoms with van der Waals surface area (Å²) in [5.74, 6) is 0.534. The predicted octanol–water partition coefficient (Wildman–Crippen LogP) is 5.28. The summed E-state index contributed by atoms with van der Waals surface area (Å²) in [4.78, 5) is 0.315. The van der Waals surface area contributed by atoms with Crippen molar-refractivity contribution in [2.45, 2.75) is 31.7 Å². The first-order valence-electron chi connectivity index (χ1n) is 9.17. The van der Waals surface area contributed by atoms with Crippen LogP contribution < -0.4 is 4.31 Å². The molecule has 0 aliphatic rings. The van der Waals surface area contributed by atoms with E-state index in [4.69, 9.17) is 0 Å². The van der Waals surface area contributed by atoms with Crippen LogP contribution in [0.25, 0.3) is 0 Å². The highest BCUT2D eigenvalue weighted by Gasteiger charge is 2.25. The van der Waals surface area contributed by atoms with Crippen LogP contribution in [0.1, 0.15) is 25.0 Å². The van der Waals surface area contributed by atoms with Gasteiger partial charge in [-0.2, -0.15) is 0 Å². The summed E-state index contributed by atoms with van der Waals surface area (Å²) in [6.07, 6.45) is 0.937. The second kappa shape index (κ2) is 8.40. The van der Waals surface area contributed by atoms with Gasteiger partial charge in [-0.05, 0) is 47.7 Å². The van der Waals surface area contributed by atoms with Gasteiger partial charge in [-0.1, -0.05) is 74.5 Å². The molecule has 0 fully saturated rings. The molecule has 0 spiro atoms. The summed E-state index contributed by atoms with van der Waals surface area (Å²) in [6, 6.07) is 26.2. The molecule has 0 amide bonds. The number of rotatable bonds is 7. The van der Waals surface area contributed by atoms with E-state index >= 15 is 0 Å². The van der Waals surface area contributed by atoms with Crippen LogP contribution in [0.15, 0.2) is 89.8 Å². The molecule has 0 aliphatic carbocycles. The third-order valence-electron chi connectivity index (χ3n) is 4.37. The maximum Gasteiger partial charge on any atom is 0.264 e. The van der Waals surface area contributed by atoms with Crippen molar-refractivity contribution in [3.05, 3.63) is 96.1 Å². The Morgan fingerprint density at radius 2 is 1.30 bits per heavy atom. The van der Waals surface area contributed by atoms with Crippen LogP contribution in [-0.4, -0.2) is 8.42 Å². The molecule has 0 heterocycles. The molecule has 0 bridgehead atoms. The third-order valence-corrected chi connectivity index (χ3v) is 6.16. The molecular formula is C23H25NO2S. The first-order chi connectivity index (χ1) is 13.0. The van der Waals surface area contributed by atoms with Gasteiger partial charge in [-0.3, -0.25) is 4.31 Å². The minimum atomic E-state index is -3.66. The van der Waals surface area contributed by atoms with Crippen molar-refractivity contribution in [2.24, 2.45) is 5.92 Å². The highest BCUT2D eigenvalue weighted by atomic mass is 32.2. The van der Waals surface area contributed by atoms with Gasteiger partial charge in [0, 0.05) is 0 Å². The molecule has 0 aromatic heterocycles. The van der Waals surface area contributed by atoms with Gasteiger partial charge in [0.25, 0.3) is 10.0 Å². The Hall–Kier alpha value is -2.59. The number of hydrogen-bond donors (Lipinski definition) is 0. The lowest BCUT2D eigenvalue weighted by molar-refractivity contribution is 0.590. The van der Waals surface area contributed by atoms with Crippen LogP contribution in [0, 0.1) is 5.92 Å². The average Bonchev–Trinajstić information content (AvgIpc) is 2.67. The van der Waals surface area contributed by atoms with E-state index in [2.05, 4.69) is 13.8 Å². The topological polar surface area (TPSA) is 37.4 Å². The molecule has 0 unspecified atom stereocenters. The minimum Gasteiger partial charge on any atom is -0.262 e. The number of nitrogens with zero attached hydrogens (tertiary/aromatic N) is 1. The standard InChI is InChI=1S/C23H25NO2S/c1-19(2)17-20-13-15-23(16-14-20)27(25,26)24(22-11-7-4-8-12-22)18-21-9-5-3-6-10-21/h3-16,19H,17-18H2,1-2H3. The smallest absolute Gasteiger partial charge is 0.262 e. The van der Waals surface area contributed by atoms with E-state index in [0.717, 1.165) is 17.5 Å². The van der Waals surface area contributed by atoms with Gasteiger partial charge in [0.2, 0.25) is 0 Å². The van der Waals surface area contributed by atoms with Crippen molar-refractivity contribution in [3.63, 3.8) is 0 Å². The van der Waals surface area contributed by atoms with Crippen LogP contribution in [-0.2, 0) is 23.0 Å². The fourth-order valence-electron chi connectivity index (χ4n) is 3.05. The summed E-state index contributed by atoms with van der Waals surface area (Å²) in [5.41, 5.74) is 2.76. The molecule has 0 atom stereocenters. The maximum atomic E-state index is 13.4. The summed E-state index contributed by atoms with van der Waals surface area (Å²) in [5, 5.41) is 0. The molecular weight excluding hydrogens is 354 g/mol. The largest absolute Gasteiger partial charge is 0.264 e. The first kappa shape index (κ1) is 19.2. The second-order valence-electron chi connectivity index (χ2n) is 7.07. The Bertz CT molecular complexity index is 950. The van der Waals surface area contributed by atoms with Gasteiger partial charge in [0.15, 0.2) is 0 Å². The SMILES string of the molecule is CC(C)Cc1ccc(S(=O)(=O)N(Cc2ccccc2)c2ccccc2)cc1. The Balaban J connectivity index is 1.97. The Kier molecular flexibility index (Phi) is 5.97. The molecule has 3 nitrogen and oxygen atoms in total. The Morgan fingerprint density at radius 3 is 1.85 bits per heavy atom. The zero-order chi connectivity index (χ0) is 19.3. The lowest BCUT2D eigenvalue weighted by atomic mass is 10.0. The van der Waals surface area contributed by atoms with Crippen molar-refractivity contribution >= 4 is 15.7 Å². The number of benzene rings is 3. The Labute approximate surface area is 162 Å². The predicted molar refractivity (Wildman–Crippen MR) is 111 cm³/mol. The van der Waals surface area contributed by atoms with E-state index < -0.39 is 10.0 Å². The van der Waals surface area contributed by atoms with E-state index in [-0.39, 0.29) is 0 Å². The molecule has 3 rings (SSSR count). The first-order valence-corrected chi connectivity index (χ1v) is 10.6. The van der Waals surface area contributed by atoms with Crippen molar-refractivity contribution in [2.75, 3.05) is 4.31 Å². The molecule has 0 aliphatic heterocycles. The summed E-state index contributed by atoms with van der Waals surface area (Å²) >= 11 is 0. The number of hydrogen-bond acceptors (Lipinski definition) is 2. The monoisotopic (exact) mass is 379 g/mol. The van der Waals surface area contributed by atoms with E-state index in [1.165, 1.54) is 4.31 Å². The number of anilines is 1. The van der Waals surface area contributed by atoms with Crippen molar-refractivity contribution < 1.29 is 8.42 Å². The lowest BCUT2D eigenvalue weighted by Gasteiger charge is -2.25. The summed E-state index contributed by atoms with van der Waals surface area (Å²) in [6.45, 7) is 4.60. The van der Waals surface area contributed by atoms with Crippen molar-refractivity contribution in [1.82, 2.24) is 0 Å². The van der Waals surface area contributed by atoms with Gasteiger partial charge in [0.1, 0.15) is 0 Å². The van der Waals surface area contributed by atoms with Crippen molar-refractivity contribution in [1.29, 1.82) is 0 Å². The summed E-state index contributed by atoms with van der Waals surface area (Å²) < 4.78 is 28.3. The molecule has 4 heteroatoms. The molecule has 3 aromatic rings. The van der Waals surface area contributed by atoms with Crippen LogP contribution in [0.5, 0.6) is 0 Å².